The molecule has 0 saturated heterocycles. The van der Waals surface area contributed by atoms with Gasteiger partial charge in [-0.2, -0.15) is 5.10 Å². The Morgan fingerprint density at radius 1 is 1.32 bits per heavy atom. The number of nitrogens with one attached hydrogen (secondary N) is 1. The normalized spacial score (nSPS) is 11.3. The number of anilines is 1. The predicted octanol–water partition coefficient (Wildman–Crippen LogP) is 1.38. The Hall–Kier alpha value is -2.44. The van der Waals surface area contributed by atoms with Gasteiger partial charge in [0.2, 0.25) is 0 Å². The van der Waals surface area contributed by atoms with Gasteiger partial charge in [-0.15, -0.1) is 0 Å². The van der Waals surface area contributed by atoms with E-state index in [2.05, 4.69) is 32.0 Å². The van der Waals surface area contributed by atoms with Crippen molar-refractivity contribution in [3.63, 3.8) is 0 Å². The number of rotatable bonds is 3. The van der Waals surface area contributed by atoms with Gasteiger partial charge in [0.1, 0.15) is 17.5 Å². The van der Waals surface area contributed by atoms with Gasteiger partial charge in [0.05, 0.1) is 5.69 Å². The van der Waals surface area contributed by atoms with Crippen LogP contribution in [0.15, 0.2) is 12.4 Å². The number of H-pyrrole nitrogens is 1. The number of nitrogens with two attached hydrogens (primary N) is 1. The Labute approximate surface area is 109 Å². The minimum absolute atomic E-state index is 0.405. The number of aromatic amines is 1. The molecule has 0 amide bonds. The molecule has 0 aliphatic rings. The lowest BCUT2D eigenvalue weighted by Gasteiger charge is -2.00. The van der Waals surface area contributed by atoms with E-state index in [1.165, 1.54) is 6.33 Å². The van der Waals surface area contributed by atoms with Gasteiger partial charge >= 0.3 is 0 Å². The molecule has 0 atom stereocenters. The first-order chi connectivity index (χ1) is 9.22. The molecule has 3 aromatic heterocycles. The molecule has 7 heteroatoms. The van der Waals surface area contributed by atoms with Gasteiger partial charge in [0, 0.05) is 6.54 Å². The lowest BCUT2D eigenvalue weighted by atomic mass is 10.3. The Morgan fingerprint density at radius 3 is 2.84 bits per heavy atom. The molecule has 0 fully saturated rings. The van der Waals surface area contributed by atoms with Gasteiger partial charge in [-0.1, -0.05) is 6.92 Å². The molecule has 0 unspecified atom stereocenters. The molecule has 3 aromatic rings. The maximum atomic E-state index is 5.80. The molecule has 7 nitrogen and oxygen atoms in total. The van der Waals surface area contributed by atoms with Gasteiger partial charge in [-0.3, -0.25) is 4.68 Å². The van der Waals surface area contributed by atoms with Crippen LogP contribution in [0.5, 0.6) is 0 Å². The van der Waals surface area contributed by atoms with Crippen LogP contribution in [0.3, 0.4) is 0 Å². The van der Waals surface area contributed by atoms with Crippen molar-refractivity contribution in [3.8, 4) is 11.5 Å². The van der Waals surface area contributed by atoms with Crippen molar-refractivity contribution in [1.29, 1.82) is 0 Å². The average Bonchev–Trinajstić information content (AvgIpc) is 3.02. The summed E-state index contributed by atoms with van der Waals surface area (Å²) >= 11 is 0. The molecule has 3 N–H and O–H groups in total. The molecule has 0 saturated carbocycles. The Balaban J connectivity index is 2.18. The fourth-order valence-electron chi connectivity index (χ4n) is 2.04. The monoisotopic (exact) mass is 257 g/mol. The smallest absolute Gasteiger partial charge is 0.183 e. The Morgan fingerprint density at radius 2 is 2.16 bits per heavy atom. The lowest BCUT2D eigenvalue weighted by Crippen LogP contribution is -2.00. The zero-order valence-corrected chi connectivity index (χ0v) is 10.9. The van der Waals surface area contributed by atoms with E-state index in [9.17, 15) is 0 Å². The molecular formula is C12H15N7. The maximum absolute atomic E-state index is 5.80. The minimum Gasteiger partial charge on any atom is -0.382 e. The SMILES string of the molecule is CCc1cc(-c2nc3ncnc(N)c3[nH]2)n(CC)n1. The van der Waals surface area contributed by atoms with Gasteiger partial charge in [-0.05, 0) is 19.4 Å². The van der Waals surface area contributed by atoms with E-state index >= 15 is 0 Å². The van der Waals surface area contributed by atoms with Crippen LogP contribution in [-0.4, -0.2) is 29.7 Å². The molecule has 0 spiro atoms. The van der Waals surface area contributed by atoms with Crippen LogP contribution in [0.4, 0.5) is 5.82 Å². The van der Waals surface area contributed by atoms with Crippen molar-refractivity contribution < 1.29 is 0 Å². The number of nitrogen functional groups attached to an aromatic ring is 1. The van der Waals surface area contributed by atoms with Crippen molar-refractivity contribution >= 4 is 17.0 Å². The quantitative estimate of drug-likeness (QED) is 0.738. The van der Waals surface area contributed by atoms with Gasteiger partial charge in [0.25, 0.3) is 0 Å². The zero-order valence-electron chi connectivity index (χ0n) is 10.9. The van der Waals surface area contributed by atoms with E-state index in [0.717, 1.165) is 30.2 Å². The summed E-state index contributed by atoms with van der Waals surface area (Å²) in [5.41, 5.74) is 9.02. The average molecular weight is 257 g/mol. The number of fused-ring (bicyclic) bond motifs is 1. The lowest BCUT2D eigenvalue weighted by molar-refractivity contribution is 0.653. The Bertz CT molecular complexity index is 725. The molecule has 3 rings (SSSR count). The van der Waals surface area contributed by atoms with Crippen LogP contribution in [0.2, 0.25) is 0 Å². The number of aryl methyl sites for hydroxylation is 2. The van der Waals surface area contributed by atoms with Crippen LogP contribution >= 0.6 is 0 Å². The maximum Gasteiger partial charge on any atom is 0.183 e. The molecule has 0 aliphatic carbocycles. The first-order valence-electron chi connectivity index (χ1n) is 6.26. The number of aromatic nitrogens is 6. The number of hydrogen-bond acceptors (Lipinski definition) is 5. The highest BCUT2D eigenvalue weighted by molar-refractivity contribution is 5.83. The molecule has 0 radical (unpaired) electrons. The van der Waals surface area contributed by atoms with E-state index < -0.39 is 0 Å². The van der Waals surface area contributed by atoms with E-state index in [-0.39, 0.29) is 0 Å². The summed E-state index contributed by atoms with van der Waals surface area (Å²) in [5, 5.41) is 4.51. The highest BCUT2D eigenvalue weighted by atomic mass is 15.3. The molecule has 3 heterocycles. The molecule has 0 bridgehead atoms. The molecular weight excluding hydrogens is 242 g/mol. The molecule has 19 heavy (non-hydrogen) atoms. The molecule has 98 valence electrons. The van der Waals surface area contributed by atoms with Gasteiger partial charge < -0.3 is 10.7 Å². The minimum atomic E-state index is 0.405. The summed E-state index contributed by atoms with van der Waals surface area (Å²) in [5.74, 6) is 1.12. The first-order valence-corrected chi connectivity index (χ1v) is 6.26. The summed E-state index contributed by atoms with van der Waals surface area (Å²) in [6.45, 7) is 4.91. The highest BCUT2D eigenvalue weighted by Crippen LogP contribution is 2.22. The second-order valence-corrected chi connectivity index (χ2v) is 4.23. The van der Waals surface area contributed by atoms with Crippen molar-refractivity contribution in [2.24, 2.45) is 0 Å². The zero-order chi connectivity index (χ0) is 13.4. The number of hydrogen-bond donors (Lipinski definition) is 2. The van der Waals surface area contributed by atoms with Crippen LogP contribution in [-0.2, 0) is 13.0 Å². The van der Waals surface area contributed by atoms with E-state index in [4.69, 9.17) is 5.73 Å². The van der Waals surface area contributed by atoms with Gasteiger partial charge in [-0.25, -0.2) is 15.0 Å². The van der Waals surface area contributed by atoms with E-state index in [1.54, 1.807) is 0 Å². The van der Waals surface area contributed by atoms with E-state index in [0.29, 0.717) is 17.0 Å². The summed E-state index contributed by atoms with van der Waals surface area (Å²) in [6, 6.07) is 2.03. The van der Waals surface area contributed by atoms with Crippen LogP contribution in [0.1, 0.15) is 19.5 Å². The van der Waals surface area contributed by atoms with E-state index in [1.807, 2.05) is 17.7 Å². The Kier molecular flexibility index (Phi) is 2.66. The fourth-order valence-corrected chi connectivity index (χ4v) is 2.04. The highest BCUT2D eigenvalue weighted by Gasteiger charge is 2.14. The van der Waals surface area contributed by atoms with Crippen molar-refractivity contribution in [2.75, 3.05) is 5.73 Å². The first kappa shape index (κ1) is 11.6. The molecule has 0 aromatic carbocycles. The second-order valence-electron chi connectivity index (χ2n) is 4.23. The predicted molar refractivity (Wildman–Crippen MR) is 72.4 cm³/mol. The third-order valence-electron chi connectivity index (χ3n) is 3.05. The van der Waals surface area contributed by atoms with Crippen molar-refractivity contribution in [3.05, 3.63) is 18.1 Å². The van der Waals surface area contributed by atoms with Crippen molar-refractivity contribution in [2.45, 2.75) is 26.8 Å². The third kappa shape index (κ3) is 1.83. The molecule has 0 aliphatic heterocycles. The fraction of sp³-hybridized carbons (Fsp3) is 0.333. The summed E-state index contributed by atoms with van der Waals surface area (Å²) in [7, 11) is 0. The van der Waals surface area contributed by atoms with Gasteiger partial charge in [0.15, 0.2) is 17.3 Å². The summed E-state index contributed by atoms with van der Waals surface area (Å²) in [6.07, 6.45) is 2.30. The largest absolute Gasteiger partial charge is 0.382 e. The number of nitrogens with zero attached hydrogens (tertiary/aromatic N) is 5. The third-order valence-corrected chi connectivity index (χ3v) is 3.05. The van der Waals surface area contributed by atoms with Crippen LogP contribution in [0, 0.1) is 0 Å². The topological polar surface area (TPSA) is 98.3 Å². The second kappa shape index (κ2) is 4.34. The number of imidazole rings is 1. The summed E-state index contributed by atoms with van der Waals surface area (Å²) in [4.78, 5) is 15.7. The summed E-state index contributed by atoms with van der Waals surface area (Å²) < 4.78 is 1.92. The van der Waals surface area contributed by atoms with Crippen molar-refractivity contribution in [1.82, 2.24) is 29.7 Å². The van der Waals surface area contributed by atoms with Crippen LogP contribution in [0.25, 0.3) is 22.7 Å². The van der Waals surface area contributed by atoms with Crippen LogP contribution < -0.4 is 5.73 Å². The standard InChI is InChI=1S/C12H15N7/c1-3-7-5-8(19(4-2)18-7)11-16-9-10(13)14-6-15-12(9)17-11/h5-6H,3-4H2,1-2H3,(H3,13,14,15,16,17).